The van der Waals surface area contributed by atoms with Gasteiger partial charge in [-0.3, -0.25) is 0 Å². The Morgan fingerprint density at radius 1 is 0.722 bits per heavy atom. The molecule has 0 unspecified atom stereocenters. The topological polar surface area (TPSA) is 0 Å². The molecule has 0 amide bonds. The van der Waals surface area contributed by atoms with Crippen LogP contribution in [0.25, 0.3) is 21.6 Å². The Morgan fingerprint density at radius 2 is 1.50 bits per heavy atom. The van der Waals surface area contributed by atoms with Gasteiger partial charge in [0.15, 0.2) is 0 Å². The van der Waals surface area contributed by atoms with Crippen molar-refractivity contribution in [1.82, 2.24) is 0 Å². The maximum absolute atomic E-state index is 3.51. The first-order valence-electron chi connectivity index (χ1n) is 5.73. The van der Waals surface area contributed by atoms with E-state index in [1.54, 1.807) is 11.3 Å². The standard InChI is InChI=1S/C16H11BrS/c17-15-8-4-7-13(9-15)14-10-16(18-11-14)12-5-2-1-3-6-12/h1-11H. The molecule has 0 radical (unpaired) electrons. The van der Waals surface area contributed by atoms with E-state index in [1.165, 1.54) is 21.6 Å². The first-order chi connectivity index (χ1) is 8.83. The number of benzene rings is 2. The number of rotatable bonds is 2. The van der Waals surface area contributed by atoms with Crippen LogP contribution in [-0.2, 0) is 0 Å². The summed E-state index contributed by atoms with van der Waals surface area (Å²) in [6.45, 7) is 0. The van der Waals surface area contributed by atoms with E-state index in [2.05, 4.69) is 69.8 Å². The molecule has 18 heavy (non-hydrogen) atoms. The predicted molar refractivity (Wildman–Crippen MR) is 82.9 cm³/mol. The smallest absolute Gasteiger partial charge is 0.0349 e. The van der Waals surface area contributed by atoms with E-state index in [1.807, 2.05) is 12.1 Å². The lowest BCUT2D eigenvalue weighted by atomic mass is 10.1. The van der Waals surface area contributed by atoms with Gasteiger partial charge in [-0.05, 0) is 40.3 Å². The summed E-state index contributed by atoms with van der Waals surface area (Å²) >= 11 is 5.30. The maximum Gasteiger partial charge on any atom is 0.0349 e. The van der Waals surface area contributed by atoms with Crippen molar-refractivity contribution in [2.24, 2.45) is 0 Å². The van der Waals surface area contributed by atoms with Gasteiger partial charge in [0.05, 0.1) is 0 Å². The van der Waals surface area contributed by atoms with Crippen LogP contribution in [0.1, 0.15) is 0 Å². The quantitative estimate of drug-likeness (QED) is 0.557. The van der Waals surface area contributed by atoms with Gasteiger partial charge in [-0.2, -0.15) is 0 Å². The van der Waals surface area contributed by atoms with Crippen LogP contribution >= 0.6 is 27.3 Å². The second kappa shape index (κ2) is 5.09. The molecule has 1 heterocycles. The third-order valence-corrected chi connectivity index (χ3v) is 4.29. The van der Waals surface area contributed by atoms with Gasteiger partial charge in [-0.1, -0.05) is 58.4 Å². The average Bonchev–Trinajstić information content (AvgIpc) is 2.89. The molecule has 0 saturated heterocycles. The minimum atomic E-state index is 1.12. The van der Waals surface area contributed by atoms with Crippen molar-refractivity contribution in [2.45, 2.75) is 0 Å². The molecule has 3 aromatic rings. The first kappa shape index (κ1) is 11.7. The molecule has 2 heteroatoms. The van der Waals surface area contributed by atoms with E-state index in [0.717, 1.165) is 4.47 Å². The summed E-state index contributed by atoms with van der Waals surface area (Å²) in [7, 11) is 0. The summed E-state index contributed by atoms with van der Waals surface area (Å²) in [6, 6.07) is 21.2. The van der Waals surface area contributed by atoms with Gasteiger partial charge in [0, 0.05) is 9.35 Å². The minimum absolute atomic E-state index is 1.12. The molecule has 0 aliphatic heterocycles. The monoisotopic (exact) mass is 314 g/mol. The van der Waals surface area contributed by atoms with Crippen molar-refractivity contribution in [3.63, 3.8) is 0 Å². The molecule has 0 N–H and O–H groups in total. The van der Waals surface area contributed by atoms with E-state index in [9.17, 15) is 0 Å². The molecule has 0 aliphatic carbocycles. The molecule has 0 saturated carbocycles. The molecule has 0 aliphatic rings. The van der Waals surface area contributed by atoms with Crippen LogP contribution in [0.5, 0.6) is 0 Å². The fourth-order valence-electron chi connectivity index (χ4n) is 1.91. The Morgan fingerprint density at radius 3 is 2.28 bits per heavy atom. The Labute approximate surface area is 119 Å². The minimum Gasteiger partial charge on any atom is -0.143 e. The average molecular weight is 315 g/mol. The molecule has 0 nitrogen and oxygen atoms in total. The predicted octanol–water partition coefficient (Wildman–Crippen LogP) is 5.84. The van der Waals surface area contributed by atoms with E-state index in [-0.39, 0.29) is 0 Å². The fraction of sp³-hybridized carbons (Fsp3) is 0. The lowest BCUT2D eigenvalue weighted by Crippen LogP contribution is -1.73. The van der Waals surface area contributed by atoms with Crippen LogP contribution in [0, 0.1) is 0 Å². The number of halogens is 1. The van der Waals surface area contributed by atoms with Gasteiger partial charge in [-0.25, -0.2) is 0 Å². The van der Waals surface area contributed by atoms with Crippen molar-refractivity contribution in [3.8, 4) is 21.6 Å². The summed E-state index contributed by atoms with van der Waals surface area (Å²) in [5.74, 6) is 0. The number of thiophene rings is 1. The van der Waals surface area contributed by atoms with Crippen molar-refractivity contribution >= 4 is 27.3 Å². The van der Waals surface area contributed by atoms with Crippen LogP contribution in [0.3, 0.4) is 0 Å². The van der Waals surface area contributed by atoms with Crippen molar-refractivity contribution in [3.05, 3.63) is 70.5 Å². The normalized spacial score (nSPS) is 10.5. The van der Waals surface area contributed by atoms with Gasteiger partial charge < -0.3 is 0 Å². The Hall–Kier alpha value is -1.38. The molecular formula is C16H11BrS. The highest BCUT2D eigenvalue weighted by atomic mass is 79.9. The summed E-state index contributed by atoms with van der Waals surface area (Å²) in [4.78, 5) is 1.31. The largest absolute Gasteiger partial charge is 0.143 e. The van der Waals surface area contributed by atoms with Gasteiger partial charge in [0.1, 0.15) is 0 Å². The van der Waals surface area contributed by atoms with Crippen LogP contribution < -0.4 is 0 Å². The van der Waals surface area contributed by atoms with Crippen LogP contribution in [0.2, 0.25) is 0 Å². The van der Waals surface area contributed by atoms with Gasteiger partial charge >= 0.3 is 0 Å². The highest BCUT2D eigenvalue weighted by molar-refractivity contribution is 9.10. The zero-order valence-electron chi connectivity index (χ0n) is 9.64. The molecular weight excluding hydrogens is 304 g/mol. The van der Waals surface area contributed by atoms with Crippen molar-refractivity contribution in [1.29, 1.82) is 0 Å². The summed E-state index contributed by atoms with van der Waals surface area (Å²) in [6.07, 6.45) is 0. The van der Waals surface area contributed by atoms with Gasteiger partial charge in [-0.15, -0.1) is 11.3 Å². The lowest BCUT2D eigenvalue weighted by molar-refractivity contribution is 1.63. The molecule has 88 valence electrons. The maximum atomic E-state index is 3.51. The zero-order chi connectivity index (χ0) is 12.4. The molecule has 0 bridgehead atoms. The number of hydrogen-bond acceptors (Lipinski definition) is 1. The molecule has 0 atom stereocenters. The fourth-order valence-corrected chi connectivity index (χ4v) is 3.23. The lowest BCUT2D eigenvalue weighted by Gasteiger charge is -1.98. The molecule has 3 rings (SSSR count). The van der Waals surface area contributed by atoms with E-state index in [4.69, 9.17) is 0 Å². The van der Waals surface area contributed by atoms with E-state index in [0.29, 0.717) is 0 Å². The second-order valence-electron chi connectivity index (χ2n) is 4.08. The Bertz CT molecular complexity index is 656. The van der Waals surface area contributed by atoms with Crippen molar-refractivity contribution < 1.29 is 0 Å². The Kier molecular flexibility index (Phi) is 3.31. The Balaban J connectivity index is 2.00. The van der Waals surface area contributed by atoms with Gasteiger partial charge in [0.25, 0.3) is 0 Å². The molecule has 0 spiro atoms. The number of hydrogen-bond donors (Lipinski definition) is 0. The summed E-state index contributed by atoms with van der Waals surface area (Å²) in [5.41, 5.74) is 3.81. The van der Waals surface area contributed by atoms with Crippen molar-refractivity contribution in [2.75, 3.05) is 0 Å². The third kappa shape index (κ3) is 2.40. The van der Waals surface area contributed by atoms with Gasteiger partial charge in [0.2, 0.25) is 0 Å². The second-order valence-corrected chi connectivity index (χ2v) is 5.90. The van der Waals surface area contributed by atoms with Crippen LogP contribution in [0.15, 0.2) is 70.5 Å². The highest BCUT2D eigenvalue weighted by Gasteiger charge is 2.04. The molecule has 1 aromatic heterocycles. The summed E-state index contributed by atoms with van der Waals surface area (Å²) < 4.78 is 1.12. The third-order valence-electron chi connectivity index (χ3n) is 2.82. The molecule has 0 fully saturated rings. The first-order valence-corrected chi connectivity index (χ1v) is 7.40. The van der Waals surface area contributed by atoms with E-state index >= 15 is 0 Å². The molecule has 2 aromatic carbocycles. The van der Waals surface area contributed by atoms with Crippen LogP contribution in [-0.4, -0.2) is 0 Å². The van der Waals surface area contributed by atoms with Crippen LogP contribution in [0.4, 0.5) is 0 Å². The van der Waals surface area contributed by atoms with E-state index < -0.39 is 0 Å². The summed E-state index contributed by atoms with van der Waals surface area (Å²) in [5, 5.41) is 2.21. The zero-order valence-corrected chi connectivity index (χ0v) is 12.0. The SMILES string of the molecule is Brc1cccc(-c2csc(-c3ccccc3)c2)c1. The highest BCUT2D eigenvalue weighted by Crippen LogP contribution is 2.33.